The number of carbonyl (C=O) groups is 3. The van der Waals surface area contributed by atoms with Gasteiger partial charge in [-0.05, 0) is 43.7 Å². The van der Waals surface area contributed by atoms with Crippen LogP contribution in [0.15, 0.2) is 42.5 Å². The SMILES string of the molecule is CC(=O)Nc1ccc(C)c(NC(=O)C2CC(=O)N(c3ccc(C)cc3)C2)c1. The van der Waals surface area contributed by atoms with E-state index in [0.717, 1.165) is 16.8 Å². The van der Waals surface area contributed by atoms with Gasteiger partial charge in [0, 0.05) is 37.0 Å². The third-order valence-electron chi connectivity index (χ3n) is 4.66. The molecule has 1 fully saturated rings. The van der Waals surface area contributed by atoms with Crippen LogP contribution in [0.2, 0.25) is 0 Å². The second-order valence-electron chi connectivity index (χ2n) is 6.94. The molecule has 0 spiro atoms. The first-order chi connectivity index (χ1) is 12.8. The Morgan fingerprint density at radius 2 is 1.74 bits per heavy atom. The normalized spacial score (nSPS) is 16.3. The number of carbonyl (C=O) groups excluding carboxylic acids is 3. The van der Waals surface area contributed by atoms with Gasteiger partial charge in [-0.15, -0.1) is 0 Å². The summed E-state index contributed by atoms with van der Waals surface area (Å²) < 4.78 is 0. The lowest BCUT2D eigenvalue weighted by Gasteiger charge is -2.17. The zero-order valence-electron chi connectivity index (χ0n) is 15.7. The average Bonchev–Trinajstić information content (AvgIpc) is 3.00. The molecule has 0 aromatic heterocycles. The Balaban J connectivity index is 1.71. The summed E-state index contributed by atoms with van der Waals surface area (Å²) in [5.74, 6) is -0.836. The molecule has 0 bridgehead atoms. The van der Waals surface area contributed by atoms with Crippen molar-refractivity contribution in [3.8, 4) is 0 Å². The van der Waals surface area contributed by atoms with Crippen LogP contribution in [-0.4, -0.2) is 24.3 Å². The number of rotatable bonds is 4. The van der Waals surface area contributed by atoms with Crippen molar-refractivity contribution in [1.29, 1.82) is 0 Å². The van der Waals surface area contributed by atoms with Gasteiger partial charge in [0.05, 0.1) is 5.92 Å². The summed E-state index contributed by atoms with van der Waals surface area (Å²) in [6.45, 7) is 5.66. The third kappa shape index (κ3) is 4.34. The molecule has 1 atom stereocenters. The van der Waals surface area contributed by atoms with Crippen LogP contribution >= 0.6 is 0 Å². The molecule has 2 N–H and O–H groups in total. The molecule has 2 aromatic rings. The quantitative estimate of drug-likeness (QED) is 0.873. The number of aryl methyl sites for hydroxylation is 2. The number of hydrogen-bond acceptors (Lipinski definition) is 3. The number of hydrogen-bond donors (Lipinski definition) is 2. The van der Waals surface area contributed by atoms with Gasteiger partial charge in [0.15, 0.2) is 0 Å². The summed E-state index contributed by atoms with van der Waals surface area (Å²) >= 11 is 0. The minimum absolute atomic E-state index is 0.0530. The molecule has 140 valence electrons. The van der Waals surface area contributed by atoms with E-state index in [0.29, 0.717) is 17.9 Å². The standard InChI is InChI=1S/C21H23N3O3/c1-13-4-8-18(9-5-13)24-12-16(10-20(24)26)21(27)23-19-11-17(22-15(3)25)7-6-14(19)2/h4-9,11,16H,10,12H2,1-3H3,(H,22,25)(H,23,27). The number of anilines is 3. The lowest BCUT2D eigenvalue weighted by atomic mass is 10.1. The average molecular weight is 365 g/mol. The Bertz CT molecular complexity index is 890. The fourth-order valence-electron chi connectivity index (χ4n) is 3.13. The van der Waals surface area contributed by atoms with Gasteiger partial charge in [0.1, 0.15) is 0 Å². The van der Waals surface area contributed by atoms with Gasteiger partial charge in [-0.2, -0.15) is 0 Å². The Hall–Kier alpha value is -3.15. The van der Waals surface area contributed by atoms with E-state index in [1.807, 2.05) is 44.2 Å². The molecular weight excluding hydrogens is 342 g/mol. The van der Waals surface area contributed by atoms with Crippen molar-refractivity contribution in [1.82, 2.24) is 0 Å². The van der Waals surface area contributed by atoms with Crippen molar-refractivity contribution in [2.45, 2.75) is 27.2 Å². The number of nitrogens with one attached hydrogen (secondary N) is 2. The lowest BCUT2D eigenvalue weighted by Crippen LogP contribution is -2.28. The minimum Gasteiger partial charge on any atom is -0.326 e. The molecule has 27 heavy (non-hydrogen) atoms. The van der Waals surface area contributed by atoms with Crippen molar-refractivity contribution in [2.75, 3.05) is 22.1 Å². The summed E-state index contributed by atoms with van der Waals surface area (Å²) in [6.07, 6.45) is 0.185. The van der Waals surface area contributed by atoms with Crippen LogP contribution < -0.4 is 15.5 Å². The van der Waals surface area contributed by atoms with Crippen molar-refractivity contribution in [2.24, 2.45) is 5.92 Å². The Morgan fingerprint density at radius 3 is 2.41 bits per heavy atom. The van der Waals surface area contributed by atoms with Crippen molar-refractivity contribution in [3.63, 3.8) is 0 Å². The summed E-state index contributed by atoms with van der Waals surface area (Å²) in [5, 5.41) is 5.60. The Labute approximate surface area is 158 Å². The second kappa shape index (κ2) is 7.61. The van der Waals surface area contributed by atoms with Crippen molar-refractivity contribution < 1.29 is 14.4 Å². The van der Waals surface area contributed by atoms with Gasteiger partial charge in [-0.1, -0.05) is 23.8 Å². The highest BCUT2D eigenvalue weighted by Gasteiger charge is 2.35. The molecule has 1 heterocycles. The molecule has 6 nitrogen and oxygen atoms in total. The smallest absolute Gasteiger partial charge is 0.229 e. The Kier molecular flexibility index (Phi) is 5.26. The molecule has 1 saturated heterocycles. The van der Waals surface area contributed by atoms with Crippen LogP contribution in [0.5, 0.6) is 0 Å². The highest BCUT2D eigenvalue weighted by molar-refractivity contribution is 6.04. The molecule has 3 rings (SSSR count). The monoisotopic (exact) mass is 365 g/mol. The minimum atomic E-state index is -0.414. The van der Waals surface area contributed by atoms with E-state index in [4.69, 9.17) is 0 Å². The van der Waals surface area contributed by atoms with Gasteiger partial charge >= 0.3 is 0 Å². The van der Waals surface area contributed by atoms with Crippen LogP contribution in [0.3, 0.4) is 0 Å². The molecule has 1 aliphatic rings. The molecule has 3 amide bonds. The molecule has 2 aromatic carbocycles. The predicted molar refractivity (Wildman–Crippen MR) is 106 cm³/mol. The van der Waals surface area contributed by atoms with E-state index >= 15 is 0 Å². The maximum Gasteiger partial charge on any atom is 0.229 e. The molecule has 1 aliphatic heterocycles. The van der Waals surface area contributed by atoms with E-state index in [1.165, 1.54) is 6.92 Å². The predicted octanol–water partition coefficient (Wildman–Crippen LogP) is 3.25. The maximum absolute atomic E-state index is 12.7. The van der Waals surface area contributed by atoms with Gasteiger partial charge < -0.3 is 15.5 Å². The third-order valence-corrected chi connectivity index (χ3v) is 4.66. The summed E-state index contributed by atoms with van der Waals surface area (Å²) in [6, 6.07) is 13.0. The van der Waals surface area contributed by atoms with E-state index in [9.17, 15) is 14.4 Å². The number of amides is 3. The first-order valence-corrected chi connectivity index (χ1v) is 8.89. The van der Waals surface area contributed by atoms with Gasteiger partial charge in [0.2, 0.25) is 17.7 Å². The van der Waals surface area contributed by atoms with E-state index < -0.39 is 5.92 Å². The number of benzene rings is 2. The summed E-state index contributed by atoms with van der Waals surface area (Å²) in [5.41, 5.74) is 4.07. The first kappa shape index (κ1) is 18.6. The molecule has 0 aliphatic carbocycles. The molecular formula is C21H23N3O3. The van der Waals surface area contributed by atoms with E-state index in [2.05, 4.69) is 10.6 Å². The highest BCUT2D eigenvalue weighted by atomic mass is 16.2. The van der Waals surface area contributed by atoms with E-state index in [1.54, 1.807) is 17.0 Å². The van der Waals surface area contributed by atoms with Crippen molar-refractivity contribution >= 4 is 34.8 Å². The second-order valence-corrected chi connectivity index (χ2v) is 6.94. The molecule has 6 heteroatoms. The molecule has 1 unspecified atom stereocenters. The highest BCUT2D eigenvalue weighted by Crippen LogP contribution is 2.27. The summed E-state index contributed by atoms with van der Waals surface area (Å²) in [4.78, 5) is 38.0. The van der Waals surface area contributed by atoms with Crippen LogP contribution in [0.4, 0.5) is 17.1 Å². The molecule has 0 radical (unpaired) electrons. The fourth-order valence-corrected chi connectivity index (χ4v) is 3.13. The van der Waals surface area contributed by atoms with Crippen LogP contribution in [0.1, 0.15) is 24.5 Å². The summed E-state index contributed by atoms with van der Waals surface area (Å²) in [7, 11) is 0. The van der Waals surface area contributed by atoms with Crippen LogP contribution in [-0.2, 0) is 14.4 Å². The number of nitrogens with zero attached hydrogens (tertiary/aromatic N) is 1. The van der Waals surface area contributed by atoms with Gasteiger partial charge in [0.25, 0.3) is 0 Å². The molecule has 0 saturated carbocycles. The zero-order chi connectivity index (χ0) is 19.6. The van der Waals surface area contributed by atoms with Crippen molar-refractivity contribution in [3.05, 3.63) is 53.6 Å². The fraction of sp³-hybridized carbons (Fsp3) is 0.286. The Morgan fingerprint density at radius 1 is 1.04 bits per heavy atom. The van der Waals surface area contributed by atoms with Gasteiger partial charge in [-0.25, -0.2) is 0 Å². The maximum atomic E-state index is 12.7. The topological polar surface area (TPSA) is 78.5 Å². The van der Waals surface area contributed by atoms with E-state index in [-0.39, 0.29) is 24.1 Å². The first-order valence-electron chi connectivity index (χ1n) is 8.89. The lowest BCUT2D eigenvalue weighted by molar-refractivity contribution is -0.122. The van der Waals surface area contributed by atoms with Crippen LogP contribution in [0.25, 0.3) is 0 Å². The largest absolute Gasteiger partial charge is 0.326 e. The van der Waals surface area contributed by atoms with Gasteiger partial charge in [-0.3, -0.25) is 14.4 Å². The zero-order valence-corrected chi connectivity index (χ0v) is 15.7. The van der Waals surface area contributed by atoms with Crippen LogP contribution in [0, 0.1) is 19.8 Å².